The van der Waals surface area contributed by atoms with Crippen LogP contribution in [-0.2, 0) is 7.05 Å². The third-order valence-electron chi connectivity index (χ3n) is 5.59. The van der Waals surface area contributed by atoms with Crippen molar-refractivity contribution in [3.05, 3.63) is 48.3 Å². The number of aliphatic hydroxyl groups is 1. The smallest absolute Gasteiger partial charge is 0.119 e. The summed E-state index contributed by atoms with van der Waals surface area (Å²) in [7, 11) is 4.07. The molecule has 1 aromatic carbocycles. The van der Waals surface area contributed by atoms with Crippen molar-refractivity contribution in [3.8, 4) is 5.75 Å². The molecule has 154 valence electrons. The number of likely N-dealkylation sites (tertiary alicyclic amines) is 1. The van der Waals surface area contributed by atoms with E-state index in [0.29, 0.717) is 25.1 Å². The number of aryl methyl sites for hydroxylation is 1. The third-order valence-corrected chi connectivity index (χ3v) is 5.59. The van der Waals surface area contributed by atoms with Crippen LogP contribution >= 0.6 is 0 Å². The number of para-hydroxylation sites is 1. The van der Waals surface area contributed by atoms with Gasteiger partial charge >= 0.3 is 0 Å². The number of piperidine rings is 1. The molecule has 6 nitrogen and oxygen atoms in total. The predicted molar refractivity (Wildman–Crippen MR) is 111 cm³/mol. The van der Waals surface area contributed by atoms with E-state index in [2.05, 4.69) is 35.1 Å². The van der Waals surface area contributed by atoms with Gasteiger partial charge in [-0.1, -0.05) is 25.1 Å². The molecule has 0 amide bonds. The third kappa shape index (κ3) is 5.56. The van der Waals surface area contributed by atoms with Gasteiger partial charge in [-0.3, -0.25) is 9.58 Å². The number of benzene rings is 1. The SMILES string of the molecule is CCN1CCC[C@@H](CN(C)C[C@@H](O)COc2ccccc2)[C@@H]1c1cnn(C)c1. The summed E-state index contributed by atoms with van der Waals surface area (Å²) in [6.07, 6.45) is 6.08. The van der Waals surface area contributed by atoms with E-state index in [1.54, 1.807) is 0 Å². The van der Waals surface area contributed by atoms with Gasteiger partial charge in [0.1, 0.15) is 18.5 Å². The topological polar surface area (TPSA) is 53.8 Å². The van der Waals surface area contributed by atoms with Crippen LogP contribution in [0.2, 0.25) is 0 Å². The summed E-state index contributed by atoms with van der Waals surface area (Å²) < 4.78 is 7.58. The molecule has 0 unspecified atom stereocenters. The maximum Gasteiger partial charge on any atom is 0.119 e. The fourth-order valence-corrected chi connectivity index (χ4v) is 4.37. The lowest BCUT2D eigenvalue weighted by atomic mass is 9.85. The molecule has 6 heteroatoms. The van der Waals surface area contributed by atoms with Gasteiger partial charge in [0.25, 0.3) is 0 Å². The summed E-state index contributed by atoms with van der Waals surface area (Å²) in [4.78, 5) is 4.81. The Hall–Kier alpha value is -1.89. The van der Waals surface area contributed by atoms with E-state index in [1.165, 1.54) is 18.4 Å². The molecule has 0 radical (unpaired) electrons. The van der Waals surface area contributed by atoms with E-state index in [1.807, 2.05) is 48.3 Å². The molecule has 1 aliphatic rings. The Morgan fingerprint density at radius 1 is 1.32 bits per heavy atom. The van der Waals surface area contributed by atoms with Crippen LogP contribution in [-0.4, -0.2) is 70.6 Å². The van der Waals surface area contributed by atoms with Crippen molar-refractivity contribution < 1.29 is 9.84 Å². The molecule has 2 heterocycles. The molecular formula is C22H34N4O2. The van der Waals surface area contributed by atoms with Crippen molar-refractivity contribution in [2.45, 2.75) is 31.9 Å². The number of rotatable bonds is 9. The average molecular weight is 387 g/mol. The van der Waals surface area contributed by atoms with Crippen LogP contribution in [0.1, 0.15) is 31.4 Å². The lowest BCUT2D eigenvalue weighted by Gasteiger charge is -2.42. The number of ether oxygens (including phenoxy) is 1. The van der Waals surface area contributed by atoms with Crippen LogP contribution in [0.5, 0.6) is 5.75 Å². The van der Waals surface area contributed by atoms with E-state index >= 15 is 0 Å². The van der Waals surface area contributed by atoms with Gasteiger partial charge in [0, 0.05) is 37.9 Å². The summed E-state index contributed by atoms with van der Waals surface area (Å²) in [6, 6.07) is 10.1. The van der Waals surface area contributed by atoms with Crippen molar-refractivity contribution in [1.82, 2.24) is 19.6 Å². The highest BCUT2D eigenvalue weighted by Gasteiger charge is 2.33. The molecule has 0 aliphatic carbocycles. The Morgan fingerprint density at radius 3 is 2.79 bits per heavy atom. The van der Waals surface area contributed by atoms with Crippen LogP contribution in [0.3, 0.4) is 0 Å². The van der Waals surface area contributed by atoms with Gasteiger partial charge in [0.05, 0.1) is 6.20 Å². The van der Waals surface area contributed by atoms with Crippen LogP contribution in [0.25, 0.3) is 0 Å². The first-order valence-electron chi connectivity index (χ1n) is 10.3. The molecule has 1 N–H and O–H groups in total. The summed E-state index contributed by atoms with van der Waals surface area (Å²) in [6.45, 7) is 6.30. The van der Waals surface area contributed by atoms with Crippen molar-refractivity contribution in [2.24, 2.45) is 13.0 Å². The van der Waals surface area contributed by atoms with Gasteiger partial charge in [0.15, 0.2) is 0 Å². The van der Waals surface area contributed by atoms with Crippen molar-refractivity contribution in [2.75, 3.05) is 39.8 Å². The molecule has 1 aromatic heterocycles. The first kappa shape index (κ1) is 20.8. The molecule has 0 bridgehead atoms. The number of aromatic nitrogens is 2. The number of likely N-dealkylation sites (N-methyl/N-ethyl adjacent to an activating group) is 1. The minimum atomic E-state index is -0.507. The Balaban J connectivity index is 1.55. The molecule has 3 atom stereocenters. The summed E-state index contributed by atoms with van der Waals surface area (Å²) >= 11 is 0. The normalized spacial score (nSPS) is 21.8. The van der Waals surface area contributed by atoms with Crippen molar-refractivity contribution in [3.63, 3.8) is 0 Å². The molecule has 2 aromatic rings. The zero-order valence-electron chi connectivity index (χ0n) is 17.4. The summed E-state index contributed by atoms with van der Waals surface area (Å²) in [5.74, 6) is 1.33. The van der Waals surface area contributed by atoms with Gasteiger partial charge in [0.2, 0.25) is 0 Å². The standard InChI is InChI=1S/C22H34N4O2/c1-4-26-12-8-9-18(22(26)19-13-23-25(3)15-19)14-24(2)16-20(27)17-28-21-10-6-5-7-11-21/h5-7,10-11,13,15,18,20,22,27H,4,8-9,12,14,16-17H2,1-3H3/t18-,20+,22+/m0/s1. The van der Waals surface area contributed by atoms with Gasteiger partial charge in [-0.05, 0) is 51.0 Å². The van der Waals surface area contributed by atoms with Crippen LogP contribution in [0.4, 0.5) is 0 Å². The number of nitrogens with zero attached hydrogens (tertiary/aromatic N) is 4. The quantitative estimate of drug-likeness (QED) is 0.718. The Bertz CT molecular complexity index is 706. The monoisotopic (exact) mass is 386 g/mol. The molecule has 0 saturated carbocycles. The zero-order valence-corrected chi connectivity index (χ0v) is 17.4. The average Bonchev–Trinajstić information content (AvgIpc) is 3.12. The fourth-order valence-electron chi connectivity index (χ4n) is 4.37. The number of hydrogen-bond donors (Lipinski definition) is 1. The highest BCUT2D eigenvalue weighted by atomic mass is 16.5. The molecule has 3 rings (SSSR count). The molecule has 28 heavy (non-hydrogen) atoms. The molecule has 1 aliphatic heterocycles. The first-order valence-corrected chi connectivity index (χ1v) is 10.3. The Morgan fingerprint density at radius 2 is 2.11 bits per heavy atom. The van der Waals surface area contributed by atoms with Crippen molar-refractivity contribution in [1.29, 1.82) is 0 Å². The van der Waals surface area contributed by atoms with Gasteiger partial charge < -0.3 is 14.7 Å². The lowest BCUT2D eigenvalue weighted by molar-refractivity contribution is 0.0454. The van der Waals surface area contributed by atoms with Gasteiger partial charge in [-0.25, -0.2) is 0 Å². The second-order valence-electron chi connectivity index (χ2n) is 7.92. The number of hydrogen-bond acceptors (Lipinski definition) is 5. The second kappa shape index (κ2) is 10.0. The predicted octanol–water partition coefficient (Wildman–Crippen LogP) is 2.56. The van der Waals surface area contributed by atoms with E-state index < -0.39 is 6.10 Å². The van der Waals surface area contributed by atoms with Gasteiger partial charge in [-0.15, -0.1) is 0 Å². The van der Waals surface area contributed by atoms with E-state index in [-0.39, 0.29) is 0 Å². The molecular weight excluding hydrogens is 352 g/mol. The van der Waals surface area contributed by atoms with Crippen LogP contribution < -0.4 is 4.74 Å². The van der Waals surface area contributed by atoms with E-state index in [9.17, 15) is 5.11 Å². The molecule has 1 saturated heterocycles. The van der Waals surface area contributed by atoms with E-state index in [0.717, 1.165) is 25.4 Å². The zero-order chi connectivity index (χ0) is 19.9. The minimum absolute atomic E-state index is 0.312. The Kier molecular flexibility index (Phi) is 7.48. The summed E-state index contributed by atoms with van der Waals surface area (Å²) in [5.41, 5.74) is 1.30. The van der Waals surface area contributed by atoms with Crippen molar-refractivity contribution >= 4 is 0 Å². The maximum atomic E-state index is 10.4. The second-order valence-corrected chi connectivity index (χ2v) is 7.92. The Labute approximate surface area is 168 Å². The van der Waals surface area contributed by atoms with Crippen LogP contribution in [0.15, 0.2) is 42.7 Å². The molecule has 1 fully saturated rings. The maximum absolute atomic E-state index is 10.4. The molecule has 0 spiro atoms. The minimum Gasteiger partial charge on any atom is -0.491 e. The highest BCUT2D eigenvalue weighted by Crippen LogP contribution is 2.36. The fraction of sp³-hybridized carbons (Fsp3) is 0.591. The largest absolute Gasteiger partial charge is 0.491 e. The van der Waals surface area contributed by atoms with E-state index in [4.69, 9.17) is 4.74 Å². The lowest BCUT2D eigenvalue weighted by Crippen LogP contribution is -2.44. The van der Waals surface area contributed by atoms with Gasteiger partial charge in [-0.2, -0.15) is 5.10 Å². The highest BCUT2D eigenvalue weighted by molar-refractivity contribution is 5.20. The summed E-state index contributed by atoms with van der Waals surface area (Å²) in [5, 5.41) is 14.8. The van der Waals surface area contributed by atoms with Crippen LogP contribution in [0, 0.1) is 5.92 Å². The first-order chi connectivity index (χ1) is 13.6. The number of aliphatic hydroxyl groups excluding tert-OH is 1.